The normalized spacial score (nSPS) is 23.8. The summed E-state index contributed by atoms with van der Waals surface area (Å²) in [7, 11) is 0. The molecule has 0 amide bonds. The van der Waals surface area contributed by atoms with Gasteiger partial charge in [0.2, 0.25) is 0 Å². The highest BCUT2D eigenvalue weighted by Crippen LogP contribution is 2.18. The van der Waals surface area contributed by atoms with Crippen molar-refractivity contribution in [3.05, 3.63) is 0 Å². The molecule has 0 spiro atoms. The molecule has 15 heavy (non-hydrogen) atoms. The van der Waals surface area contributed by atoms with Crippen LogP contribution in [0.25, 0.3) is 0 Å². The van der Waals surface area contributed by atoms with Crippen molar-refractivity contribution in [1.82, 2.24) is 0 Å². The van der Waals surface area contributed by atoms with Crippen LogP contribution in [-0.2, 0) is 0 Å². The highest BCUT2D eigenvalue weighted by atomic mass is 32.2. The lowest BCUT2D eigenvalue weighted by Crippen LogP contribution is -2.26. The molecule has 1 N–H and O–H groups in total. The molecule has 0 aliphatic carbocycles. The van der Waals surface area contributed by atoms with Crippen molar-refractivity contribution in [1.29, 1.82) is 0 Å². The van der Waals surface area contributed by atoms with Crippen molar-refractivity contribution in [2.75, 3.05) is 5.75 Å². The first-order chi connectivity index (χ1) is 7.31. The molecule has 0 aromatic carbocycles. The molecule has 2 aliphatic rings. The number of nitrogens with zero attached hydrogens (tertiary/aromatic N) is 5. The van der Waals surface area contributed by atoms with Gasteiger partial charge in [-0.05, 0) is 6.92 Å². The quantitative estimate of drug-likeness (QED) is 0.427. The number of thioether (sulfide) groups is 1. The Balaban J connectivity index is 2.03. The Morgan fingerprint density at radius 1 is 1.53 bits per heavy atom. The Labute approximate surface area is 90.6 Å². The van der Waals surface area contributed by atoms with Crippen molar-refractivity contribution < 1.29 is 5.21 Å². The van der Waals surface area contributed by atoms with Crippen LogP contribution in [0.3, 0.4) is 0 Å². The zero-order chi connectivity index (χ0) is 10.7. The lowest BCUT2D eigenvalue weighted by Gasteiger charge is -2.12. The average Bonchev–Trinajstić information content (AvgIpc) is 2.74. The minimum absolute atomic E-state index is 0.161. The van der Waals surface area contributed by atoms with Crippen molar-refractivity contribution in [2.45, 2.75) is 13.0 Å². The zero-order valence-corrected chi connectivity index (χ0v) is 8.85. The van der Waals surface area contributed by atoms with E-state index in [0.717, 1.165) is 5.04 Å². The monoisotopic (exact) mass is 223 g/mol. The molecule has 2 rings (SSSR count). The van der Waals surface area contributed by atoms with E-state index in [0.29, 0.717) is 17.3 Å². The molecular weight excluding hydrogens is 214 g/mol. The predicted molar refractivity (Wildman–Crippen MR) is 63.0 cm³/mol. The maximum absolute atomic E-state index is 8.51. The highest BCUT2D eigenvalue weighted by Gasteiger charge is 2.26. The van der Waals surface area contributed by atoms with Gasteiger partial charge in [-0.15, -0.1) is 11.8 Å². The second-order valence-electron chi connectivity index (χ2n) is 2.99. The van der Waals surface area contributed by atoms with Gasteiger partial charge in [-0.1, -0.05) is 5.16 Å². The molecule has 1 atom stereocenters. The number of rotatable bonds is 2. The van der Waals surface area contributed by atoms with Gasteiger partial charge in [0.25, 0.3) is 0 Å². The molecule has 0 radical (unpaired) electrons. The van der Waals surface area contributed by atoms with Gasteiger partial charge >= 0.3 is 0 Å². The third kappa shape index (κ3) is 2.12. The Hall–Kier alpha value is -1.50. The summed E-state index contributed by atoms with van der Waals surface area (Å²) in [5, 5.41) is 12.4. The van der Waals surface area contributed by atoms with Crippen molar-refractivity contribution in [3.8, 4) is 0 Å². The fraction of sp³-hybridized carbons (Fsp3) is 0.375. The maximum atomic E-state index is 8.51. The van der Waals surface area contributed by atoms with Crippen LogP contribution in [0.15, 0.2) is 25.1 Å². The molecule has 0 aromatic rings. The smallest absolute Gasteiger partial charge is 0.163 e. The minimum Gasteiger partial charge on any atom is -0.411 e. The zero-order valence-electron chi connectivity index (χ0n) is 8.03. The average molecular weight is 223 g/mol. The topological polar surface area (TPSA) is 82.0 Å². The highest BCUT2D eigenvalue weighted by molar-refractivity contribution is 8.14. The third-order valence-corrected chi connectivity index (χ3v) is 3.05. The van der Waals surface area contributed by atoms with E-state index in [4.69, 9.17) is 5.21 Å². The Kier molecular flexibility index (Phi) is 2.91. The van der Waals surface area contributed by atoms with Crippen LogP contribution in [0.2, 0.25) is 0 Å². The number of hydrogen-bond donors (Lipinski definition) is 1. The van der Waals surface area contributed by atoms with E-state index < -0.39 is 0 Å². The number of amidine groups is 1. The molecule has 2 heterocycles. The summed E-state index contributed by atoms with van der Waals surface area (Å²) in [4.78, 5) is 16.3. The largest absolute Gasteiger partial charge is 0.411 e. The van der Waals surface area contributed by atoms with Crippen LogP contribution in [0.1, 0.15) is 6.92 Å². The first kappa shape index (κ1) is 10.0. The van der Waals surface area contributed by atoms with Crippen LogP contribution in [-0.4, -0.2) is 46.3 Å². The molecular formula is C8H9N5OS. The number of oxime groups is 1. The molecule has 0 bridgehead atoms. The van der Waals surface area contributed by atoms with Gasteiger partial charge in [0.15, 0.2) is 11.9 Å². The predicted octanol–water partition coefficient (Wildman–Crippen LogP) is 0.819. The van der Waals surface area contributed by atoms with Gasteiger partial charge in [-0.25, -0.2) is 15.0 Å². The second-order valence-corrected chi connectivity index (χ2v) is 3.99. The van der Waals surface area contributed by atoms with Crippen molar-refractivity contribution in [2.24, 2.45) is 25.1 Å². The van der Waals surface area contributed by atoms with Gasteiger partial charge in [0, 0.05) is 5.75 Å². The summed E-state index contributed by atoms with van der Waals surface area (Å²) >= 11 is 1.48. The number of fused-ring (bicyclic) bond motifs is 1. The first-order valence-corrected chi connectivity index (χ1v) is 5.29. The van der Waals surface area contributed by atoms with Gasteiger partial charge in [-0.3, -0.25) is 4.99 Å². The SMILES string of the molecule is C/C(CSC1=NC=NC2=NC=NC21)=N\O. The summed E-state index contributed by atoms with van der Waals surface area (Å²) in [5.74, 6) is 1.26. The molecule has 78 valence electrons. The summed E-state index contributed by atoms with van der Waals surface area (Å²) in [6.07, 6.45) is 2.96. The third-order valence-electron chi connectivity index (χ3n) is 1.86. The molecule has 0 saturated carbocycles. The van der Waals surface area contributed by atoms with E-state index in [-0.39, 0.29) is 6.04 Å². The van der Waals surface area contributed by atoms with E-state index in [1.54, 1.807) is 6.92 Å². The summed E-state index contributed by atoms with van der Waals surface area (Å²) in [6, 6.07) is -0.161. The maximum Gasteiger partial charge on any atom is 0.163 e. The van der Waals surface area contributed by atoms with Crippen LogP contribution in [0.4, 0.5) is 0 Å². The minimum atomic E-state index is -0.161. The van der Waals surface area contributed by atoms with E-state index in [1.165, 1.54) is 24.4 Å². The van der Waals surface area contributed by atoms with Crippen molar-refractivity contribution >= 4 is 41.0 Å². The molecule has 1 unspecified atom stereocenters. The molecule has 0 saturated heterocycles. The van der Waals surface area contributed by atoms with Gasteiger partial charge in [0.05, 0.1) is 5.71 Å². The Morgan fingerprint density at radius 3 is 3.20 bits per heavy atom. The van der Waals surface area contributed by atoms with E-state index >= 15 is 0 Å². The van der Waals surface area contributed by atoms with E-state index in [2.05, 4.69) is 25.1 Å². The fourth-order valence-corrected chi connectivity index (χ4v) is 1.97. The first-order valence-electron chi connectivity index (χ1n) is 4.31. The van der Waals surface area contributed by atoms with Gasteiger partial charge in [0.1, 0.15) is 17.7 Å². The lowest BCUT2D eigenvalue weighted by atomic mass is 10.3. The standard InChI is InChI=1S/C8H9N5OS/c1-5(13-14)2-15-8-6-7(10-3-9-6)11-4-12-8/h3-4,6,14H,2H2,1H3/b13-5+. The Morgan fingerprint density at radius 2 is 2.40 bits per heavy atom. The second kappa shape index (κ2) is 4.35. The van der Waals surface area contributed by atoms with Crippen LogP contribution in [0.5, 0.6) is 0 Å². The van der Waals surface area contributed by atoms with Crippen LogP contribution < -0.4 is 0 Å². The van der Waals surface area contributed by atoms with Crippen LogP contribution in [0, 0.1) is 0 Å². The van der Waals surface area contributed by atoms with E-state index in [9.17, 15) is 0 Å². The lowest BCUT2D eigenvalue weighted by molar-refractivity contribution is 0.318. The van der Waals surface area contributed by atoms with Crippen molar-refractivity contribution in [3.63, 3.8) is 0 Å². The molecule has 0 aromatic heterocycles. The number of hydrogen-bond acceptors (Lipinski definition) is 7. The summed E-state index contributed by atoms with van der Waals surface area (Å²) in [6.45, 7) is 1.75. The van der Waals surface area contributed by atoms with E-state index in [1.807, 2.05) is 0 Å². The molecule has 6 nitrogen and oxygen atoms in total. The molecule has 2 aliphatic heterocycles. The molecule has 7 heteroatoms. The number of aliphatic imine (C=N–C) groups is 4. The van der Waals surface area contributed by atoms with Crippen LogP contribution >= 0.6 is 11.8 Å². The fourth-order valence-electron chi connectivity index (χ4n) is 1.11. The molecule has 0 fully saturated rings. The van der Waals surface area contributed by atoms with Gasteiger partial charge in [-0.2, -0.15) is 0 Å². The summed E-state index contributed by atoms with van der Waals surface area (Å²) in [5.41, 5.74) is 0.644. The Bertz CT molecular complexity index is 409. The summed E-state index contributed by atoms with van der Waals surface area (Å²) < 4.78 is 0. The van der Waals surface area contributed by atoms with Gasteiger partial charge < -0.3 is 5.21 Å².